The molecule has 2 aromatic heterocycles. The van der Waals surface area contributed by atoms with Crippen molar-refractivity contribution in [2.24, 2.45) is 0 Å². The second kappa shape index (κ2) is 6.92. The quantitative estimate of drug-likeness (QED) is 0.473. The lowest BCUT2D eigenvalue weighted by molar-refractivity contribution is 0.302. The van der Waals surface area contributed by atoms with Crippen LogP contribution < -0.4 is 4.74 Å². The molecule has 2 aromatic carbocycles. The summed E-state index contributed by atoms with van der Waals surface area (Å²) < 4.78 is 6.12. The largest absolute Gasteiger partial charge is 0.488 e. The fraction of sp³-hybridized carbons (Fsp3) is 0.250. The summed E-state index contributed by atoms with van der Waals surface area (Å²) in [5, 5.41) is 0. The summed E-state index contributed by atoms with van der Waals surface area (Å²) in [6.45, 7) is 6.93. The molecule has 1 aliphatic heterocycles. The minimum Gasteiger partial charge on any atom is -0.488 e. The van der Waals surface area contributed by atoms with Crippen LogP contribution in [0.3, 0.4) is 0 Å². The molecule has 0 unspecified atom stereocenters. The number of rotatable bonds is 4. The van der Waals surface area contributed by atoms with Crippen LogP contribution in [0.2, 0.25) is 0 Å². The van der Waals surface area contributed by atoms with E-state index in [1.807, 2.05) is 12.4 Å². The number of nitrogens with one attached hydrogen (secondary N) is 2. The van der Waals surface area contributed by atoms with E-state index in [0.717, 1.165) is 51.9 Å². The van der Waals surface area contributed by atoms with Gasteiger partial charge in [-0.1, -0.05) is 39.0 Å². The SMILES string of the molecule is CCc1ncc(-c2ccc3c(c2)COc2cc(-c4cnc(C(C)C)[nH]4)ccc2-3)[nH]1. The molecule has 0 atom stereocenters. The number of hydrogen-bond acceptors (Lipinski definition) is 3. The van der Waals surface area contributed by atoms with E-state index in [1.165, 1.54) is 11.1 Å². The average molecular weight is 384 g/mol. The monoisotopic (exact) mass is 384 g/mol. The zero-order chi connectivity index (χ0) is 20.0. The maximum atomic E-state index is 6.12. The fourth-order valence-electron chi connectivity index (χ4n) is 3.80. The van der Waals surface area contributed by atoms with Crippen LogP contribution in [0.5, 0.6) is 5.75 Å². The molecule has 0 spiro atoms. The molecule has 0 bridgehead atoms. The van der Waals surface area contributed by atoms with E-state index in [2.05, 4.69) is 77.1 Å². The molecule has 1 aliphatic rings. The summed E-state index contributed by atoms with van der Waals surface area (Å²) in [6.07, 6.45) is 4.70. The highest BCUT2D eigenvalue weighted by molar-refractivity contribution is 5.80. The van der Waals surface area contributed by atoms with Crippen molar-refractivity contribution in [3.63, 3.8) is 0 Å². The molecular formula is C24H24N4O. The van der Waals surface area contributed by atoms with E-state index in [9.17, 15) is 0 Å². The topological polar surface area (TPSA) is 66.6 Å². The van der Waals surface area contributed by atoms with Gasteiger partial charge in [-0.25, -0.2) is 9.97 Å². The lowest BCUT2D eigenvalue weighted by Gasteiger charge is -2.22. The van der Waals surface area contributed by atoms with Crippen molar-refractivity contribution in [1.82, 2.24) is 19.9 Å². The molecule has 0 fully saturated rings. The Balaban J connectivity index is 1.49. The normalized spacial score (nSPS) is 12.6. The smallest absolute Gasteiger partial charge is 0.128 e. The molecular weight excluding hydrogens is 360 g/mol. The fourth-order valence-corrected chi connectivity index (χ4v) is 3.80. The van der Waals surface area contributed by atoms with Crippen molar-refractivity contribution in [2.45, 2.75) is 39.7 Å². The van der Waals surface area contributed by atoms with Crippen LogP contribution >= 0.6 is 0 Å². The first kappa shape index (κ1) is 17.7. The van der Waals surface area contributed by atoms with Gasteiger partial charge in [0.15, 0.2) is 0 Å². The van der Waals surface area contributed by atoms with Crippen molar-refractivity contribution < 1.29 is 4.74 Å². The number of hydrogen-bond donors (Lipinski definition) is 2. The number of aromatic nitrogens is 4. The van der Waals surface area contributed by atoms with Gasteiger partial charge in [-0.2, -0.15) is 0 Å². The molecule has 0 saturated carbocycles. The van der Waals surface area contributed by atoms with Gasteiger partial charge >= 0.3 is 0 Å². The molecule has 5 heteroatoms. The zero-order valence-electron chi connectivity index (χ0n) is 16.9. The number of imidazole rings is 2. The third-order valence-corrected chi connectivity index (χ3v) is 5.49. The second-order valence-corrected chi connectivity index (χ2v) is 7.81. The first-order valence-corrected chi connectivity index (χ1v) is 10.1. The van der Waals surface area contributed by atoms with E-state index in [-0.39, 0.29) is 0 Å². The predicted octanol–water partition coefficient (Wildman–Crippen LogP) is 5.71. The van der Waals surface area contributed by atoms with Crippen molar-refractivity contribution in [3.8, 4) is 39.4 Å². The van der Waals surface area contributed by atoms with Gasteiger partial charge in [0.25, 0.3) is 0 Å². The summed E-state index contributed by atoms with van der Waals surface area (Å²) in [7, 11) is 0. The van der Waals surface area contributed by atoms with E-state index >= 15 is 0 Å². The van der Waals surface area contributed by atoms with E-state index in [4.69, 9.17) is 4.74 Å². The summed E-state index contributed by atoms with van der Waals surface area (Å²) in [5.41, 5.74) is 7.84. The van der Waals surface area contributed by atoms with Gasteiger partial charge in [-0.15, -0.1) is 0 Å². The Bertz CT molecular complexity index is 1190. The van der Waals surface area contributed by atoms with Gasteiger partial charge in [-0.3, -0.25) is 0 Å². The minimum atomic E-state index is 0.377. The first-order chi connectivity index (χ1) is 14.1. The highest BCUT2D eigenvalue weighted by atomic mass is 16.5. The van der Waals surface area contributed by atoms with Gasteiger partial charge in [0.2, 0.25) is 0 Å². The van der Waals surface area contributed by atoms with Crippen molar-refractivity contribution in [1.29, 1.82) is 0 Å². The molecule has 0 aliphatic carbocycles. The highest BCUT2D eigenvalue weighted by Crippen LogP contribution is 2.41. The van der Waals surface area contributed by atoms with Gasteiger partial charge in [0.05, 0.1) is 23.8 Å². The summed E-state index contributed by atoms with van der Waals surface area (Å²) in [5.74, 6) is 3.30. The Hall–Kier alpha value is -3.34. The molecule has 29 heavy (non-hydrogen) atoms. The number of nitrogens with zero attached hydrogens (tertiary/aromatic N) is 2. The molecule has 3 heterocycles. The number of ether oxygens (including phenoxy) is 1. The minimum absolute atomic E-state index is 0.377. The summed E-state index contributed by atoms with van der Waals surface area (Å²) in [4.78, 5) is 15.7. The van der Waals surface area contributed by atoms with Crippen molar-refractivity contribution in [3.05, 3.63) is 66.0 Å². The standard InChI is InChI=1S/C24H24N4O/c1-4-23-25-11-20(27-23)15-5-7-18-17(9-15)13-29-22-10-16(6-8-19(18)22)21-12-26-24(28-21)14(2)3/h5-12,14H,4,13H2,1-3H3,(H,25,27)(H,26,28). The Morgan fingerprint density at radius 2 is 1.66 bits per heavy atom. The lowest BCUT2D eigenvalue weighted by atomic mass is 9.93. The Kier molecular flexibility index (Phi) is 4.23. The predicted molar refractivity (Wildman–Crippen MR) is 115 cm³/mol. The summed E-state index contributed by atoms with van der Waals surface area (Å²) in [6, 6.07) is 12.9. The molecule has 4 aromatic rings. The third-order valence-electron chi connectivity index (χ3n) is 5.49. The van der Waals surface area contributed by atoms with Gasteiger partial charge in [0, 0.05) is 23.5 Å². The third kappa shape index (κ3) is 3.12. The van der Waals surface area contributed by atoms with Gasteiger partial charge in [0.1, 0.15) is 24.0 Å². The highest BCUT2D eigenvalue weighted by Gasteiger charge is 2.19. The molecule has 5 rings (SSSR count). The molecule has 0 amide bonds. The second-order valence-electron chi connectivity index (χ2n) is 7.81. The Labute approximate surface area is 170 Å². The Morgan fingerprint density at radius 3 is 2.38 bits per heavy atom. The summed E-state index contributed by atoms with van der Waals surface area (Å²) >= 11 is 0. The first-order valence-electron chi connectivity index (χ1n) is 10.1. The molecule has 0 saturated heterocycles. The van der Waals surface area contributed by atoms with Crippen LogP contribution in [0.4, 0.5) is 0 Å². The molecule has 2 N–H and O–H groups in total. The average Bonchev–Trinajstić information content (AvgIpc) is 3.42. The molecule has 0 radical (unpaired) electrons. The number of benzene rings is 2. The Morgan fingerprint density at radius 1 is 0.931 bits per heavy atom. The van der Waals surface area contributed by atoms with E-state index in [0.29, 0.717) is 12.5 Å². The van der Waals surface area contributed by atoms with Crippen LogP contribution in [-0.4, -0.2) is 19.9 Å². The van der Waals surface area contributed by atoms with Gasteiger partial charge in [-0.05, 0) is 34.9 Å². The lowest BCUT2D eigenvalue weighted by Crippen LogP contribution is -2.06. The maximum Gasteiger partial charge on any atom is 0.128 e. The van der Waals surface area contributed by atoms with Crippen molar-refractivity contribution in [2.75, 3.05) is 0 Å². The van der Waals surface area contributed by atoms with Crippen LogP contribution in [0.15, 0.2) is 48.8 Å². The van der Waals surface area contributed by atoms with Crippen molar-refractivity contribution >= 4 is 0 Å². The van der Waals surface area contributed by atoms with Gasteiger partial charge < -0.3 is 14.7 Å². The van der Waals surface area contributed by atoms with E-state index in [1.54, 1.807) is 0 Å². The number of aryl methyl sites for hydroxylation is 1. The maximum absolute atomic E-state index is 6.12. The number of aromatic amines is 2. The number of H-pyrrole nitrogens is 2. The van der Waals surface area contributed by atoms with Crippen LogP contribution in [0.25, 0.3) is 33.6 Å². The molecule has 5 nitrogen and oxygen atoms in total. The van der Waals surface area contributed by atoms with E-state index < -0.39 is 0 Å². The van der Waals surface area contributed by atoms with Crippen LogP contribution in [0, 0.1) is 0 Å². The zero-order valence-corrected chi connectivity index (χ0v) is 16.9. The molecule has 146 valence electrons. The van der Waals surface area contributed by atoms with Crippen LogP contribution in [0.1, 0.15) is 43.9 Å². The number of fused-ring (bicyclic) bond motifs is 3. The van der Waals surface area contributed by atoms with Crippen LogP contribution in [-0.2, 0) is 13.0 Å².